The Morgan fingerprint density at radius 3 is 2.52 bits per heavy atom. The number of hydrogen-bond acceptors (Lipinski definition) is 5. The van der Waals surface area contributed by atoms with Crippen LogP contribution < -0.4 is 16.0 Å². The van der Waals surface area contributed by atoms with Crippen molar-refractivity contribution in [3.05, 3.63) is 69.3 Å². The van der Waals surface area contributed by atoms with E-state index in [0.29, 0.717) is 16.8 Å². The molecule has 1 aliphatic rings. The standard InChI is InChI=1S/C18H16N4O5/c1-10-5-3-8-13(14(10)22(26)27)15(23)19-12-7-4-6-11(9-12)18(2)16(24)20-17(25)21-18/h3-9H,1-2H3,(H,19,23)(H2,20,21,24,25)/t18-/m1/s1. The number of imide groups is 1. The Morgan fingerprint density at radius 2 is 1.89 bits per heavy atom. The van der Waals surface area contributed by atoms with Crippen LogP contribution in [0.4, 0.5) is 16.2 Å². The van der Waals surface area contributed by atoms with E-state index < -0.39 is 28.3 Å². The fourth-order valence-corrected chi connectivity index (χ4v) is 2.94. The predicted molar refractivity (Wildman–Crippen MR) is 96.3 cm³/mol. The van der Waals surface area contributed by atoms with E-state index in [1.807, 2.05) is 0 Å². The van der Waals surface area contributed by atoms with Crippen LogP contribution in [0.2, 0.25) is 0 Å². The molecular weight excluding hydrogens is 352 g/mol. The predicted octanol–water partition coefficient (Wildman–Crippen LogP) is 2.21. The van der Waals surface area contributed by atoms with Crippen LogP contribution in [0.15, 0.2) is 42.5 Å². The van der Waals surface area contributed by atoms with E-state index in [0.717, 1.165) is 0 Å². The summed E-state index contributed by atoms with van der Waals surface area (Å²) in [5.41, 5.74) is -0.429. The number of carbonyl (C=O) groups excluding carboxylic acids is 3. The van der Waals surface area contributed by atoms with Gasteiger partial charge in [-0.05, 0) is 37.6 Å². The van der Waals surface area contributed by atoms with Crippen molar-refractivity contribution in [1.29, 1.82) is 0 Å². The third-order valence-electron chi connectivity index (χ3n) is 4.41. The monoisotopic (exact) mass is 368 g/mol. The first-order chi connectivity index (χ1) is 12.7. The molecule has 1 heterocycles. The van der Waals surface area contributed by atoms with Crippen LogP contribution in [0.1, 0.15) is 28.4 Å². The van der Waals surface area contributed by atoms with Gasteiger partial charge in [0.15, 0.2) is 0 Å². The number of anilines is 1. The van der Waals surface area contributed by atoms with Crippen LogP contribution in [0, 0.1) is 17.0 Å². The highest BCUT2D eigenvalue weighted by molar-refractivity contribution is 6.08. The SMILES string of the molecule is Cc1cccc(C(=O)Nc2cccc([C@@]3(C)NC(=O)NC3=O)c2)c1[N+](=O)[O-]. The van der Waals surface area contributed by atoms with Crippen molar-refractivity contribution < 1.29 is 19.3 Å². The molecule has 0 radical (unpaired) electrons. The second-order valence-electron chi connectivity index (χ2n) is 6.30. The number of rotatable bonds is 4. The summed E-state index contributed by atoms with van der Waals surface area (Å²) in [7, 11) is 0. The molecule has 0 bridgehead atoms. The number of nitrogens with zero attached hydrogens (tertiary/aromatic N) is 1. The number of para-hydroxylation sites is 1. The number of benzene rings is 2. The van der Waals surface area contributed by atoms with Gasteiger partial charge >= 0.3 is 6.03 Å². The first-order valence-electron chi connectivity index (χ1n) is 8.02. The van der Waals surface area contributed by atoms with Gasteiger partial charge < -0.3 is 10.6 Å². The van der Waals surface area contributed by atoms with Crippen LogP contribution in [0.5, 0.6) is 0 Å². The van der Waals surface area contributed by atoms with Gasteiger partial charge in [-0.2, -0.15) is 0 Å². The first kappa shape index (κ1) is 18.1. The number of carbonyl (C=O) groups is 3. The molecule has 1 atom stereocenters. The summed E-state index contributed by atoms with van der Waals surface area (Å²) in [5, 5.41) is 18.6. The normalized spacial score (nSPS) is 18.6. The van der Waals surface area contributed by atoms with E-state index in [2.05, 4.69) is 16.0 Å². The lowest BCUT2D eigenvalue weighted by molar-refractivity contribution is -0.385. The molecule has 0 aromatic heterocycles. The highest BCUT2D eigenvalue weighted by Crippen LogP contribution is 2.28. The Kier molecular flexibility index (Phi) is 4.36. The number of nitro benzene ring substituents is 1. The Hall–Kier alpha value is -3.75. The maximum atomic E-state index is 12.6. The van der Waals surface area contributed by atoms with Crippen LogP contribution in [0.3, 0.4) is 0 Å². The third-order valence-corrected chi connectivity index (χ3v) is 4.41. The summed E-state index contributed by atoms with van der Waals surface area (Å²) in [6.07, 6.45) is 0. The molecule has 1 saturated heterocycles. The lowest BCUT2D eigenvalue weighted by Crippen LogP contribution is -2.40. The van der Waals surface area contributed by atoms with Crippen LogP contribution in [0.25, 0.3) is 0 Å². The highest BCUT2D eigenvalue weighted by atomic mass is 16.6. The van der Waals surface area contributed by atoms with E-state index in [1.54, 1.807) is 44.2 Å². The number of urea groups is 1. The van der Waals surface area contributed by atoms with Crippen molar-refractivity contribution in [1.82, 2.24) is 10.6 Å². The summed E-state index contributed by atoms with van der Waals surface area (Å²) in [4.78, 5) is 46.7. The summed E-state index contributed by atoms with van der Waals surface area (Å²) in [5.74, 6) is -1.15. The van der Waals surface area contributed by atoms with Gasteiger partial charge in [0.25, 0.3) is 17.5 Å². The zero-order valence-electron chi connectivity index (χ0n) is 14.5. The largest absolute Gasteiger partial charge is 0.322 e. The van der Waals surface area contributed by atoms with Crippen molar-refractivity contribution in [2.24, 2.45) is 0 Å². The van der Waals surface area contributed by atoms with Crippen molar-refractivity contribution in [3.63, 3.8) is 0 Å². The maximum absolute atomic E-state index is 12.6. The zero-order valence-corrected chi connectivity index (χ0v) is 14.5. The summed E-state index contributed by atoms with van der Waals surface area (Å²) in [6.45, 7) is 3.09. The van der Waals surface area contributed by atoms with Crippen molar-refractivity contribution in [2.75, 3.05) is 5.32 Å². The summed E-state index contributed by atoms with van der Waals surface area (Å²) in [6, 6.07) is 10.2. The molecule has 0 unspecified atom stereocenters. The molecule has 2 aromatic rings. The second-order valence-corrected chi connectivity index (χ2v) is 6.30. The topological polar surface area (TPSA) is 130 Å². The van der Waals surface area contributed by atoms with E-state index in [-0.39, 0.29) is 11.3 Å². The van der Waals surface area contributed by atoms with E-state index in [1.165, 1.54) is 12.1 Å². The molecule has 3 N–H and O–H groups in total. The molecule has 0 spiro atoms. The van der Waals surface area contributed by atoms with Crippen molar-refractivity contribution >= 4 is 29.2 Å². The Bertz CT molecular complexity index is 987. The lowest BCUT2D eigenvalue weighted by Gasteiger charge is -2.21. The van der Waals surface area contributed by atoms with E-state index in [9.17, 15) is 24.5 Å². The zero-order chi connectivity index (χ0) is 19.8. The minimum Gasteiger partial charge on any atom is -0.322 e. The van der Waals surface area contributed by atoms with Crippen LogP contribution in [-0.4, -0.2) is 22.8 Å². The van der Waals surface area contributed by atoms with Crippen molar-refractivity contribution in [3.8, 4) is 0 Å². The van der Waals surface area contributed by atoms with Gasteiger partial charge in [-0.1, -0.05) is 24.3 Å². The molecule has 1 fully saturated rings. The molecule has 9 nitrogen and oxygen atoms in total. The molecule has 138 valence electrons. The van der Waals surface area contributed by atoms with Gasteiger partial charge in [-0.15, -0.1) is 0 Å². The molecular formula is C18H16N4O5. The van der Waals surface area contributed by atoms with Crippen LogP contribution in [-0.2, 0) is 10.3 Å². The Balaban J connectivity index is 1.91. The fraction of sp³-hybridized carbons (Fsp3) is 0.167. The lowest BCUT2D eigenvalue weighted by atomic mass is 9.92. The van der Waals surface area contributed by atoms with Gasteiger partial charge in [0, 0.05) is 11.3 Å². The van der Waals surface area contributed by atoms with E-state index in [4.69, 9.17) is 0 Å². The number of nitrogens with one attached hydrogen (secondary N) is 3. The van der Waals surface area contributed by atoms with Gasteiger partial charge in [0.1, 0.15) is 11.1 Å². The molecule has 3 rings (SSSR count). The van der Waals surface area contributed by atoms with Crippen LogP contribution >= 0.6 is 0 Å². The average Bonchev–Trinajstić information content (AvgIpc) is 2.87. The number of aryl methyl sites for hydroxylation is 1. The number of hydrogen-bond donors (Lipinski definition) is 3. The molecule has 0 aliphatic carbocycles. The van der Waals surface area contributed by atoms with Gasteiger partial charge in [-0.3, -0.25) is 25.0 Å². The number of amides is 4. The van der Waals surface area contributed by atoms with Crippen molar-refractivity contribution in [2.45, 2.75) is 19.4 Å². The maximum Gasteiger partial charge on any atom is 0.322 e. The van der Waals surface area contributed by atoms with Gasteiger partial charge in [-0.25, -0.2) is 4.79 Å². The number of nitro groups is 1. The minimum atomic E-state index is -1.27. The third kappa shape index (κ3) is 3.22. The molecule has 27 heavy (non-hydrogen) atoms. The molecule has 0 saturated carbocycles. The average molecular weight is 368 g/mol. The van der Waals surface area contributed by atoms with Gasteiger partial charge in [0.2, 0.25) is 0 Å². The molecule has 4 amide bonds. The van der Waals surface area contributed by atoms with E-state index >= 15 is 0 Å². The Labute approximate surface area is 153 Å². The minimum absolute atomic E-state index is 0.0662. The molecule has 2 aromatic carbocycles. The summed E-state index contributed by atoms with van der Waals surface area (Å²) >= 11 is 0. The summed E-state index contributed by atoms with van der Waals surface area (Å²) < 4.78 is 0. The first-order valence-corrected chi connectivity index (χ1v) is 8.02. The fourth-order valence-electron chi connectivity index (χ4n) is 2.94. The van der Waals surface area contributed by atoms with Gasteiger partial charge in [0.05, 0.1) is 4.92 Å². The smallest absolute Gasteiger partial charge is 0.322 e. The molecule has 9 heteroatoms. The highest BCUT2D eigenvalue weighted by Gasteiger charge is 2.43. The Morgan fingerprint density at radius 1 is 1.19 bits per heavy atom. The molecule has 1 aliphatic heterocycles. The second kappa shape index (κ2) is 6.52. The quantitative estimate of drug-likeness (QED) is 0.433.